The predicted octanol–water partition coefficient (Wildman–Crippen LogP) is -0.197. The van der Waals surface area contributed by atoms with Gasteiger partial charge in [0.2, 0.25) is 0 Å². The summed E-state index contributed by atoms with van der Waals surface area (Å²) in [5.41, 5.74) is 14.2. The molecule has 0 bridgehead atoms. The summed E-state index contributed by atoms with van der Waals surface area (Å²) in [6.07, 6.45) is 0. The van der Waals surface area contributed by atoms with E-state index in [-0.39, 0.29) is 51.4 Å². The summed E-state index contributed by atoms with van der Waals surface area (Å²) in [7, 11) is -4.59. The van der Waals surface area contributed by atoms with E-state index < -0.39 is 47.0 Å². The van der Waals surface area contributed by atoms with E-state index in [1.807, 2.05) is 0 Å². The van der Waals surface area contributed by atoms with E-state index in [9.17, 15) is 0 Å². The van der Waals surface area contributed by atoms with Crippen LogP contribution in [0.25, 0.3) is 0 Å². The molecule has 0 saturated carbocycles. The Hall–Kier alpha value is 1.38. The van der Waals surface area contributed by atoms with Crippen LogP contribution in [0.4, 0.5) is 0 Å². The number of rotatable bonds is 6. The predicted molar refractivity (Wildman–Crippen MR) is 110 cm³/mol. The Kier molecular flexibility index (Phi) is 10.9. The monoisotopic (exact) mass is 375 g/mol. The van der Waals surface area contributed by atoms with Gasteiger partial charge < -0.3 is 0 Å². The summed E-state index contributed by atoms with van der Waals surface area (Å²) in [4.78, 5) is 0. The van der Waals surface area contributed by atoms with Gasteiger partial charge in [-0.25, -0.2) is 0 Å². The first kappa shape index (κ1) is 20.4. The molecule has 0 spiro atoms. The minimum Gasteiger partial charge on any atom is -0.110 e. The molecular weight excluding hydrogens is 352 g/mol. The zero-order chi connectivity index (χ0) is 13.7. The molecular formula is C12H24KSi6. The van der Waals surface area contributed by atoms with Crippen LogP contribution < -0.4 is 0 Å². The molecule has 0 nitrogen and oxygen atoms in total. The molecule has 1 aliphatic rings. The average Bonchev–Trinajstić information content (AvgIpc) is 2.43. The van der Waals surface area contributed by atoms with E-state index >= 15 is 0 Å². The summed E-state index contributed by atoms with van der Waals surface area (Å²) in [5, 5.41) is 0. The van der Waals surface area contributed by atoms with E-state index in [0.717, 1.165) is 0 Å². The summed E-state index contributed by atoms with van der Waals surface area (Å²) in [6, 6.07) is 0. The van der Waals surface area contributed by atoms with Crippen molar-refractivity contribution in [2.75, 3.05) is 0 Å². The van der Waals surface area contributed by atoms with Crippen LogP contribution in [-0.2, 0) is 0 Å². The van der Waals surface area contributed by atoms with Gasteiger partial charge in [0, 0.05) is 98.4 Å². The minimum atomic E-state index is -0.765. The normalized spacial score (nSPS) is 37.3. The van der Waals surface area contributed by atoms with Crippen molar-refractivity contribution in [2.24, 2.45) is 0 Å². The number of hydrogen-bond donors (Lipinski definition) is 0. The van der Waals surface area contributed by atoms with E-state index in [2.05, 4.69) is 73.7 Å². The maximum Gasteiger partial charge on any atom is 0.0472 e. The van der Waals surface area contributed by atoms with Crippen LogP contribution in [0.5, 0.6) is 0 Å². The zero-order valence-corrected chi connectivity index (χ0v) is 22.2. The molecule has 1 aliphatic heterocycles. The van der Waals surface area contributed by atoms with Crippen molar-refractivity contribution in [3.8, 4) is 0 Å². The Bertz CT molecular complexity index is 277. The summed E-state index contributed by atoms with van der Waals surface area (Å²) < 4.78 is 0. The zero-order valence-electron chi connectivity index (χ0n) is 12.2. The molecule has 7 heteroatoms. The molecule has 1 fully saturated rings. The first-order chi connectivity index (χ1) is 8.69. The van der Waals surface area contributed by atoms with Gasteiger partial charge in [0.1, 0.15) is 0 Å². The van der Waals surface area contributed by atoms with Crippen molar-refractivity contribution in [3.63, 3.8) is 0 Å². The van der Waals surface area contributed by atoms with Gasteiger partial charge in [0.05, 0.1) is 0 Å². The molecule has 0 aromatic carbocycles. The van der Waals surface area contributed by atoms with Crippen LogP contribution in [-0.4, -0.2) is 98.4 Å². The van der Waals surface area contributed by atoms with Crippen LogP contribution >= 0.6 is 0 Å². The fraction of sp³-hybridized carbons (Fsp3) is 0. The minimum absolute atomic E-state index is 0. The smallest absolute Gasteiger partial charge is 0.0472 e. The fourth-order valence-corrected chi connectivity index (χ4v) is 200. The van der Waals surface area contributed by atoms with Crippen LogP contribution in [0, 0.1) is 0 Å². The molecule has 0 N–H and O–H groups in total. The third-order valence-electron chi connectivity index (χ3n) is 4.30. The van der Waals surface area contributed by atoms with Crippen molar-refractivity contribution < 1.29 is 0 Å². The van der Waals surface area contributed by atoms with E-state index in [4.69, 9.17) is 0 Å². The van der Waals surface area contributed by atoms with Crippen molar-refractivity contribution in [3.05, 3.63) is 73.7 Å². The van der Waals surface area contributed by atoms with Crippen molar-refractivity contribution >= 4 is 98.4 Å². The van der Waals surface area contributed by atoms with Gasteiger partial charge in [-0.2, -0.15) is 0 Å². The maximum atomic E-state index is 4.17. The second kappa shape index (κ2) is 10.2. The second-order valence-electron chi connectivity index (χ2n) is 4.88. The molecule has 1 saturated heterocycles. The Morgan fingerprint density at radius 3 is 0.526 bits per heavy atom. The van der Waals surface area contributed by atoms with E-state index in [1.54, 1.807) is 0 Å². The van der Waals surface area contributed by atoms with E-state index in [1.165, 1.54) is 0 Å². The fourth-order valence-electron chi connectivity index (χ4n) is 3.43. The molecule has 0 amide bonds. The average molecular weight is 376 g/mol. The molecule has 0 aromatic rings. The van der Waals surface area contributed by atoms with E-state index in [0.29, 0.717) is 0 Å². The van der Waals surface area contributed by atoms with Gasteiger partial charge in [-0.05, 0) is 0 Å². The molecule has 1 rings (SSSR count). The van der Waals surface area contributed by atoms with Gasteiger partial charge in [-0.3, -0.25) is 0 Å². The first-order valence-electron chi connectivity index (χ1n) is 6.45. The molecule has 1 heterocycles. The topological polar surface area (TPSA) is 0 Å². The molecule has 1 radical (unpaired) electrons. The van der Waals surface area contributed by atoms with Gasteiger partial charge >= 0.3 is 0 Å². The van der Waals surface area contributed by atoms with Crippen molar-refractivity contribution in [2.45, 2.75) is 0 Å². The summed E-state index contributed by atoms with van der Waals surface area (Å²) in [6.45, 7) is 25.0. The first-order valence-corrected chi connectivity index (χ1v) is 26.4. The maximum absolute atomic E-state index is 4.17. The Labute approximate surface area is 169 Å². The van der Waals surface area contributed by atoms with Crippen LogP contribution in [0.15, 0.2) is 73.7 Å². The van der Waals surface area contributed by atoms with Crippen molar-refractivity contribution in [1.82, 2.24) is 0 Å². The van der Waals surface area contributed by atoms with Gasteiger partial charge in [0.25, 0.3) is 0 Å². The molecule has 0 atom stereocenters. The van der Waals surface area contributed by atoms with Crippen LogP contribution in [0.3, 0.4) is 0 Å². The molecule has 97 valence electrons. The second-order valence-corrected chi connectivity index (χ2v) is 56.2. The van der Waals surface area contributed by atoms with Crippen molar-refractivity contribution in [1.29, 1.82) is 0 Å². The molecule has 0 unspecified atom stereocenters. The molecule has 0 aliphatic carbocycles. The Balaban J connectivity index is 0.00000324. The SMILES string of the molecule is C=C[SiH]1[SiH](C=C)[SiH](C=C)[SiH](C=C)[SiH](C=C)[SiH]1C=C.[K]. The third-order valence-corrected chi connectivity index (χ3v) is 111. The quantitative estimate of drug-likeness (QED) is 0.564. The summed E-state index contributed by atoms with van der Waals surface area (Å²) in [5.74, 6) is 0. The van der Waals surface area contributed by atoms with Gasteiger partial charge in [-0.1, -0.05) is 0 Å². The van der Waals surface area contributed by atoms with Crippen LogP contribution in [0.2, 0.25) is 0 Å². The van der Waals surface area contributed by atoms with Gasteiger partial charge in [0.15, 0.2) is 0 Å². The Morgan fingerprint density at radius 1 is 0.368 bits per heavy atom. The standard InChI is InChI=1S/C12H24Si6.K/c1-7-13-14(8-2)16(10-4)18(12-6)17(11-5)15(13)9-3;/h7-18H,1-6H2;. The largest absolute Gasteiger partial charge is 0.110 e. The number of hydrogen-bond acceptors (Lipinski definition) is 0. The van der Waals surface area contributed by atoms with Crippen LogP contribution in [0.1, 0.15) is 0 Å². The van der Waals surface area contributed by atoms with Gasteiger partial charge in [-0.15, -0.1) is 73.7 Å². The molecule has 19 heavy (non-hydrogen) atoms. The summed E-state index contributed by atoms with van der Waals surface area (Å²) >= 11 is 0. The molecule has 0 aromatic heterocycles. The third kappa shape index (κ3) is 4.19. The Morgan fingerprint density at radius 2 is 0.474 bits per heavy atom.